The molecule has 1 saturated heterocycles. The number of hydrogen-bond acceptors (Lipinski definition) is 3. The van der Waals surface area contributed by atoms with Gasteiger partial charge < -0.3 is 10.6 Å². The van der Waals surface area contributed by atoms with Crippen molar-refractivity contribution in [3.63, 3.8) is 0 Å². The fraction of sp³-hybridized carbons (Fsp3) is 0.263. The van der Waals surface area contributed by atoms with Crippen LogP contribution in [-0.4, -0.2) is 29.7 Å². The summed E-state index contributed by atoms with van der Waals surface area (Å²) >= 11 is 5.86. The maximum atomic E-state index is 12.5. The number of benzene rings is 2. The zero-order valence-corrected chi connectivity index (χ0v) is 14.0. The van der Waals surface area contributed by atoms with Crippen molar-refractivity contribution in [2.45, 2.75) is 12.8 Å². The smallest absolute Gasteiger partial charge is 0.253 e. The van der Waals surface area contributed by atoms with E-state index in [4.69, 9.17) is 17.3 Å². The summed E-state index contributed by atoms with van der Waals surface area (Å²) in [6.07, 6.45) is 1.37. The molecule has 0 bridgehead atoms. The second-order valence-corrected chi connectivity index (χ2v) is 6.50. The van der Waals surface area contributed by atoms with E-state index in [-0.39, 0.29) is 17.6 Å². The molecule has 0 aliphatic carbocycles. The zero-order chi connectivity index (χ0) is 17.1. The van der Waals surface area contributed by atoms with Crippen molar-refractivity contribution in [2.75, 3.05) is 18.8 Å². The molecule has 2 aromatic rings. The number of anilines is 1. The van der Waals surface area contributed by atoms with E-state index in [1.54, 1.807) is 53.4 Å². The summed E-state index contributed by atoms with van der Waals surface area (Å²) in [5.74, 6) is 0.0836. The van der Waals surface area contributed by atoms with Crippen molar-refractivity contribution in [1.29, 1.82) is 0 Å². The minimum atomic E-state index is -0.0401. The monoisotopic (exact) mass is 342 g/mol. The van der Waals surface area contributed by atoms with Gasteiger partial charge in [-0.25, -0.2) is 0 Å². The minimum absolute atomic E-state index is 0.00704. The Bertz CT molecular complexity index is 667. The van der Waals surface area contributed by atoms with Gasteiger partial charge in [0.05, 0.1) is 0 Å². The Kier molecular flexibility index (Phi) is 4.86. The molecule has 2 N–H and O–H groups in total. The Morgan fingerprint density at radius 1 is 0.917 bits per heavy atom. The summed E-state index contributed by atoms with van der Waals surface area (Å²) in [5, 5.41) is 0.621. The number of nitrogens with two attached hydrogens (primary N) is 1. The molecule has 1 amide bonds. The molecule has 1 fully saturated rings. The van der Waals surface area contributed by atoms with Gasteiger partial charge in [-0.05, 0) is 61.4 Å². The van der Waals surface area contributed by atoms with E-state index in [1.807, 2.05) is 0 Å². The Morgan fingerprint density at radius 2 is 1.46 bits per heavy atom. The number of likely N-dealkylation sites (tertiary alicyclic amines) is 1. The Hall–Kier alpha value is -2.33. The van der Waals surface area contributed by atoms with Crippen molar-refractivity contribution >= 4 is 29.0 Å². The Morgan fingerprint density at radius 3 is 2.04 bits per heavy atom. The third-order valence-corrected chi connectivity index (χ3v) is 4.69. The largest absolute Gasteiger partial charge is 0.399 e. The van der Waals surface area contributed by atoms with E-state index in [0.717, 1.165) is 0 Å². The topological polar surface area (TPSA) is 63.4 Å². The lowest BCUT2D eigenvalue weighted by atomic mass is 9.88. The number of hydrogen-bond donors (Lipinski definition) is 1. The van der Waals surface area contributed by atoms with Gasteiger partial charge >= 0.3 is 0 Å². The van der Waals surface area contributed by atoms with Crippen LogP contribution in [0.1, 0.15) is 33.6 Å². The van der Waals surface area contributed by atoms with Crippen LogP contribution in [0.2, 0.25) is 5.02 Å². The molecule has 0 unspecified atom stereocenters. The van der Waals surface area contributed by atoms with E-state index in [1.165, 1.54) is 0 Å². The first kappa shape index (κ1) is 16.5. The average Bonchev–Trinajstić information content (AvgIpc) is 2.62. The van der Waals surface area contributed by atoms with E-state index in [0.29, 0.717) is 47.8 Å². The van der Waals surface area contributed by atoms with Crippen LogP contribution in [0.4, 0.5) is 5.69 Å². The molecule has 0 aromatic heterocycles. The number of nitrogens with zero attached hydrogens (tertiary/aromatic N) is 1. The molecule has 0 spiro atoms. The molecular formula is C19H19ClN2O2. The fourth-order valence-electron chi connectivity index (χ4n) is 3.00. The van der Waals surface area contributed by atoms with E-state index in [9.17, 15) is 9.59 Å². The van der Waals surface area contributed by atoms with E-state index in [2.05, 4.69) is 0 Å². The quantitative estimate of drug-likeness (QED) is 0.684. The van der Waals surface area contributed by atoms with Gasteiger partial charge in [0.15, 0.2) is 5.78 Å². The molecule has 1 heterocycles. The molecule has 3 rings (SSSR count). The highest BCUT2D eigenvalue weighted by atomic mass is 35.5. The first-order valence-electron chi connectivity index (χ1n) is 7.99. The zero-order valence-electron chi connectivity index (χ0n) is 13.2. The number of nitrogen functional groups attached to an aromatic ring is 1. The number of piperidine rings is 1. The van der Waals surface area contributed by atoms with Crippen molar-refractivity contribution < 1.29 is 9.59 Å². The summed E-state index contributed by atoms with van der Waals surface area (Å²) in [5.41, 5.74) is 7.60. The van der Waals surface area contributed by atoms with Gasteiger partial charge in [-0.15, -0.1) is 0 Å². The predicted molar refractivity (Wildman–Crippen MR) is 95.3 cm³/mol. The van der Waals surface area contributed by atoms with Gasteiger partial charge in [-0.2, -0.15) is 0 Å². The third-order valence-electron chi connectivity index (χ3n) is 4.44. The van der Waals surface area contributed by atoms with Gasteiger partial charge in [0.2, 0.25) is 0 Å². The van der Waals surface area contributed by atoms with Gasteiger partial charge in [0, 0.05) is 40.8 Å². The van der Waals surface area contributed by atoms with Crippen molar-refractivity contribution in [1.82, 2.24) is 4.90 Å². The Labute approximate surface area is 146 Å². The molecule has 0 saturated carbocycles. The number of ketones is 1. The highest BCUT2D eigenvalue weighted by Crippen LogP contribution is 2.24. The first-order chi connectivity index (χ1) is 11.5. The van der Waals surface area contributed by atoms with Gasteiger partial charge in [0.1, 0.15) is 0 Å². The maximum absolute atomic E-state index is 12.5. The predicted octanol–water partition coefficient (Wildman–Crippen LogP) is 3.66. The lowest BCUT2D eigenvalue weighted by molar-refractivity contribution is 0.0650. The summed E-state index contributed by atoms with van der Waals surface area (Å²) in [6, 6.07) is 13.9. The molecule has 5 heteroatoms. The summed E-state index contributed by atoms with van der Waals surface area (Å²) in [4.78, 5) is 26.8. The molecule has 1 aliphatic heterocycles. The number of carbonyl (C=O) groups excluding carboxylic acids is 2. The molecule has 1 aliphatic rings. The van der Waals surface area contributed by atoms with Crippen LogP contribution in [-0.2, 0) is 0 Å². The third kappa shape index (κ3) is 3.60. The number of Topliss-reactive ketones (excluding diaryl/α,β-unsaturated/α-hetero) is 1. The molecular weight excluding hydrogens is 324 g/mol. The highest BCUT2D eigenvalue weighted by Gasteiger charge is 2.28. The SMILES string of the molecule is Nc1ccc(C(=O)N2CCC(C(=O)c3ccc(Cl)cc3)CC2)cc1. The van der Waals surface area contributed by atoms with Crippen LogP contribution < -0.4 is 5.73 Å². The molecule has 124 valence electrons. The average molecular weight is 343 g/mol. The van der Waals surface area contributed by atoms with Crippen LogP contribution in [0.25, 0.3) is 0 Å². The van der Waals surface area contributed by atoms with Gasteiger partial charge in [0.25, 0.3) is 5.91 Å². The van der Waals surface area contributed by atoms with Crippen LogP contribution in [0, 0.1) is 5.92 Å². The lowest BCUT2D eigenvalue weighted by Gasteiger charge is -2.31. The summed E-state index contributed by atoms with van der Waals surface area (Å²) < 4.78 is 0. The molecule has 24 heavy (non-hydrogen) atoms. The normalized spacial score (nSPS) is 15.3. The molecule has 0 radical (unpaired) electrons. The van der Waals surface area contributed by atoms with Crippen molar-refractivity contribution in [2.24, 2.45) is 5.92 Å². The van der Waals surface area contributed by atoms with Crippen LogP contribution in [0.15, 0.2) is 48.5 Å². The highest BCUT2D eigenvalue weighted by molar-refractivity contribution is 6.30. The van der Waals surface area contributed by atoms with E-state index < -0.39 is 0 Å². The van der Waals surface area contributed by atoms with Gasteiger partial charge in [-0.1, -0.05) is 11.6 Å². The lowest BCUT2D eigenvalue weighted by Crippen LogP contribution is -2.40. The Balaban J connectivity index is 1.61. The second-order valence-electron chi connectivity index (χ2n) is 6.06. The second kappa shape index (κ2) is 7.05. The van der Waals surface area contributed by atoms with Crippen LogP contribution in [0.3, 0.4) is 0 Å². The summed E-state index contributed by atoms with van der Waals surface area (Å²) in [6.45, 7) is 1.18. The van der Waals surface area contributed by atoms with Crippen LogP contribution >= 0.6 is 11.6 Å². The number of rotatable bonds is 3. The standard InChI is InChI=1S/C19H19ClN2O2/c20-16-5-1-13(2-6-16)18(23)14-9-11-22(12-10-14)19(24)15-3-7-17(21)8-4-15/h1-8,14H,9-12,21H2. The van der Waals surface area contributed by atoms with Crippen LogP contribution in [0.5, 0.6) is 0 Å². The number of carbonyl (C=O) groups is 2. The summed E-state index contributed by atoms with van der Waals surface area (Å²) in [7, 11) is 0. The molecule has 2 aromatic carbocycles. The molecule has 0 atom stereocenters. The first-order valence-corrected chi connectivity index (χ1v) is 8.37. The fourth-order valence-corrected chi connectivity index (χ4v) is 3.13. The minimum Gasteiger partial charge on any atom is -0.399 e. The number of halogens is 1. The number of amides is 1. The van der Waals surface area contributed by atoms with E-state index >= 15 is 0 Å². The van der Waals surface area contributed by atoms with Gasteiger partial charge in [-0.3, -0.25) is 9.59 Å². The maximum Gasteiger partial charge on any atom is 0.253 e. The molecule has 4 nitrogen and oxygen atoms in total. The van der Waals surface area contributed by atoms with Crippen molar-refractivity contribution in [3.8, 4) is 0 Å². The van der Waals surface area contributed by atoms with Crippen molar-refractivity contribution in [3.05, 3.63) is 64.7 Å².